The van der Waals surface area contributed by atoms with Gasteiger partial charge in [-0.3, -0.25) is 9.48 Å². The van der Waals surface area contributed by atoms with E-state index in [1.54, 1.807) is 30.1 Å². The quantitative estimate of drug-likeness (QED) is 0.260. The SMILES string of the molecule is COc1cc(CN(C(=O)C(OCc2cnn(C)c2)c2ccc(-c3ccc(F)c(F)c3)cc2F)[C@@H]2C=CS(=O)(=O)C2)ccn1. The van der Waals surface area contributed by atoms with E-state index in [1.807, 2.05) is 0 Å². The van der Waals surface area contributed by atoms with Crippen molar-refractivity contribution in [2.24, 2.45) is 7.05 Å². The van der Waals surface area contributed by atoms with Crippen molar-refractivity contribution in [3.63, 3.8) is 0 Å². The number of carbonyl (C=O) groups is 1. The van der Waals surface area contributed by atoms with Crippen LogP contribution in [0.1, 0.15) is 22.8 Å². The molecular formula is C30H27F3N4O5S. The smallest absolute Gasteiger partial charge is 0.257 e. The van der Waals surface area contributed by atoms with Crippen LogP contribution in [0.4, 0.5) is 13.2 Å². The number of carbonyl (C=O) groups excluding carboxylic acids is 1. The summed E-state index contributed by atoms with van der Waals surface area (Å²) in [6.07, 6.45) is 4.62. The van der Waals surface area contributed by atoms with Crippen LogP contribution in [-0.4, -0.2) is 52.9 Å². The summed E-state index contributed by atoms with van der Waals surface area (Å²) in [4.78, 5) is 19.6. The number of halogens is 3. The predicted octanol–water partition coefficient (Wildman–Crippen LogP) is 4.51. The number of methoxy groups -OCH3 is 1. The zero-order chi connectivity index (χ0) is 30.7. The van der Waals surface area contributed by atoms with Gasteiger partial charge in [0.25, 0.3) is 5.91 Å². The first-order chi connectivity index (χ1) is 20.5. The van der Waals surface area contributed by atoms with E-state index in [4.69, 9.17) is 9.47 Å². The lowest BCUT2D eigenvalue weighted by Crippen LogP contribution is -2.43. The third kappa shape index (κ3) is 6.95. The summed E-state index contributed by atoms with van der Waals surface area (Å²) in [5.41, 5.74) is 1.58. The van der Waals surface area contributed by atoms with Crippen molar-refractivity contribution in [3.05, 3.63) is 113 Å². The second-order valence-electron chi connectivity index (χ2n) is 9.98. The zero-order valence-electron chi connectivity index (χ0n) is 23.2. The minimum atomic E-state index is -3.57. The molecule has 2 atom stereocenters. The van der Waals surface area contributed by atoms with Crippen LogP contribution in [0.2, 0.25) is 0 Å². The highest BCUT2D eigenvalue weighted by Crippen LogP contribution is 2.31. The van der Waals surface area contributed by atoms with Crippen molar-refractivity contribution in [3.8, 4) is 17.0 Å². The summed E-state index contributed by atoms with van der Waals surface area (Å²) in [6.45, 7) is -0.159. The van der Waals surface area contributed by atoms with E-state index in [0.717, 1.165) is 23.6 Å². The van der Waals surface area contributed by atoms with Gasteiger partial charge in [0.2, 0.25) is 5.88 Å². The molecule has 2 aromatic heterocycles. The number of amides is 1. The van der Waals surface area contributed by atoms with Crippen molar-refractivity contribution in [1.29, 1.82) is 0 Å². The molecule has 0 bridgehead atoms. The Morgan fingerprint density at radius 3 is 2.42 bits per heavy atom. The monoisotopic (exact) mass is 612 g/mol. The normalized spacial score (nSPS) is 16.3. The lowest BCUT2D eigenvalue weighted by molar-refractivity contribution is -0.147. The number of benzene rings is 2. The molecular weight excluding hydrogens is 585 g/mol. The maximum Gasteiger partial charge on any atom is 0.257 e. The molecule has 1 aliphatic rings. The summed E-state index contributed by atoms with van der Waals surface area (Å²) in [6, 6.07) is 9.52. The van der Waals surface area contributed by atoms with Crippen molar-refractivity contribution in [2.75, 3.05) is 12.9 Å². The van der Waals surface area contributed by atoms with Gasteiger partial charge in [0.15, 0.2) is 27.6 Å². The zero-order valence-corrected chi connectivity index (χ0v) is 24.0. The molecule has 5 rings (SSSR count). The van der Waals surface area contributed by atoms with E-state index in [-0.39, 0.29) is 35.6 Å². The second kappa shape index (κ2) is 12.4. The fourth-order valence-electron chi connectivity index (χ4n) is 4.73. The minimum Gasteiger partial charge on any atom is -0.481 e. The predicted molar refractivity (Wildman–Crippen MR) is 151 cm³/mol. The highest BCUT2D eigenvalue weighted by atomic mass is 32.2. The van der Waals surface area contributed by atoms with Crippen LogP contribution >= 0.6 is 0 Å². The molecule has 0 N–H and O–H groups in total. The first-order valence-corrected chi connectivity index (χ1v) is 14.8. The Hall–Kier alpha value is -4.49. The van der Waals surface area contributed by atoms with Crippen LogP contribution in [0.3, 0.4) is 0 Å². The summed E-state index contributed by atoms with van der Waals surface area (Å²) in [7, 11) is -0.418. The Morgan fingerprint density at radius 2 is 1.79 bits per heavy atom. The van der Waals surface area contributed by atoms with Gasteiger partial charge in [0, 0.05) is 48.6 Å². The first kappa shape index (κ1) is 30.0. The molecule has 2 aromatic carbocycles. The van der Waals surface area contributed by atoms with Crippen LogP contribution in [0.25, 0.3) is 11.1 Å². The number of nitrogens with zero attached hydrogens (tertiary/aromatic N) is 4. The molecule has 4 aromatic rings. The summed E-state index contributed by atoms with van der Waals surface area (Å²) in [5, 5.41) is 5.14. The number of aryl methyl sites for hydroxylation is 1. The number of aromatic nitrogens is 3. The van der Waals surface area contributed by atoms with E-state index in [0.29, 0.717) is 17.0 Å². The van der Waals surface area contributed by atoms with Crippen molar-refractivity contribution >= 4 is 15.7 Å². The number of sulfone groups is 1. The fourth-order valence-corrected chi connectivity index (χ4v) is 6.03. The Morgan fingerprint density at radius 1 is 1.05 bits per heavy atom. The molecule has 0 radical (unpaired) electrons. The van der Waals surface area contributed by atoms with Gasteiger partial charge in [-0.15, -0.1) is 0 Å². The highest BCUT2D eigenvalue weighted by molar-refractivity contribution is 7.94. The molecule has 0 aliphatic carbocycles. The molecule has 1 amide bonds. The molecule has 0 fully saturated rings. The lowest BCUT2D eigenvalue weighted by Gasteiger charge is -2.31. The number of pyridine rings is 1. The van der Waals surface area contributed by atoms with Crippen molar-refractivity contribution in [1.82, 2.24) is 19.7 Å². The molecule has 0 saturated carbocycles. The molecule has 1 unspecified atom stereocenters. The van der Waals surface area contributed by atoms with E-state index >= 15 is 4.39 Å². The van der Waals surface area contributed by atoms with Gasteiger partial charge in [-0.05, 0) is 47.0 Å². The average Bonchev–Trinajstić information content (AvgIpc) is 3.57. The first-order valence-electron chi connectivity index (χ1n) is 13.1. The minimum absolute atomic E-state index is 0.0520. The molecule has 224 valence electrons. The largest absolute Gasteiger partial charge is 0.481 e. The maximum absolute atomic E-state index is 15.8. The third-order valence-corrected chi connectivity index (χ3v) is 8.27. The molecule has 0 spiro atoms. The van der Waals surface area contributed by atoms with Crippen molar-refractivity contribution < 1.29 is 35.9 Å². The van der Waals surface area contributed by atoms with Crippen LogP contribution in [0.5, 0.6) is 5.88 Å². The Labute approximate surface area is 246 Å². The topological polar surface area (TPSA) is 104 Å². The Kier molecular flexibility index (Phi) is 8.64. The van der Waals surface area contributed by atoms with E-state index in [9.17, 15) is 22.0 Å². The Balaban J connectivity index is 1.53. The average molecular weight is 613 g/mol. The van der Waals surface area contributed by atoms with Crippen LogP contribution in [-0.2, 0) is 39.6 Å². The molecule has 0 saturated heterocycles. The molecule has 3 heterocycles. The van der Waals surface area contributed by atoms with E-state index in [1.165, 1.54) is 48.7 Å². The van der Waals surface area contributed by atoms with Gasteiger partial charge in [0.1, 0.15) is 5.82 Å². The third-order valence-electron chi connectivity index (χ3n) is 6.89. The van der Waals surface area contributed by atoms with Crippen LogP contribution in [0, 0.1) is 17.5 Å². The van der Waals surface area contributed by atoms with Crippen LogP contribution < -0.4 is 4.74 Å². The van der Waals surface area contributed by atoms with Gasteiger partial charge < -0.3 is 14.4 Å². The fraction of sp³-hybridized carbons (Fsp3) is 0.233. The number of hydrogen-bond acceptors (Lipinski definition) is 7. The van der Waals surface area contributed by atoms with E-state index < -0.39 is 45.3 Å². The Bertz CT molecular complexity index is 1790. The van der Waals surface area contributed by atoms with Crippen molar-refractivity contribution in [2.45, 2.75) is 25.3 Å². The highest BCUT2D eigenvalue weighted by Gasteiger charge is 2.36. The summed E-state index contributed by atoms with van der Waals surface area (Å²) < 4.78 is 80.5. The van der Waals surface area contributed by atoms with Gasteiger partial charge in [-0.2, -0.15) is 5.10 Å². The number of rotatable bonds is 10. The lowest BCUT2D eigenvalue weighted by atomic mass is 9.99. The summed E-state index contributed by atoms with van der Waals surface area (Å²) >= 11 is 0. The molecule has 9 nitrogen and oxygen atoms in total. The number of hydrogen-bond donors (Lipinski definition) is 0. The standard InChI is InChI=1S/C30H27F3N4O5S/c1-36-15-20(14-35-36)17-42-29(24-5-3-21(12-26(24)32)22-4-6-25(31)27(33)13-22)30(38)37(23-8-10-43(39,40)18-23)16-19-7-9-34-28(11-19)41-2/h3-15,23,29H,16-18H2,1-2H3/t23-,29?/m1/s1. The summed E-state index contributed by atoms with van der Waals surface area (Å²) in [5.74, 6) is -3.70. The van der Waals surface area contributed by atoms with Gasteiger partial charge in [0.05, 0.1) is 31.7 Å². The van der Waals surface area contributed by atoms with Gasteiger partial charge >= 0.3 is 0 Å². The molecule has 13 heteroatoms. The van der Waals surface area contributed by atoms with Gasteiger partial charge in [-0.1, -0.05) is 18.2 Å². The van der Waals surface area contributed by atoms with Gasteiger partial charge in [-0.25, -0.2) is 26.6 Å². The maximum atomic E-state index is 15.8. The molecule has 1 aliphatic heterocycles. The van der Waals surface area contributed by atoms with E-state index in [2.05, 4.69) is 10.1 Å². The second-order valence-corrected chi connectivity index (χ2v) is 11.9. The van der Waals surface area contributed by atoms with Crippen LogP contribution in [0.15, 0.2) is 78.6 Å². The molecule has 43 heavy (non-hydrogen) atoms. The number of ether oxygens (including phenoxy) is 2.